The van der Waals surface area contributed by atoms with E-state index in [0.717, 1.165) is 18.0 Å². The fraction of sp³-hybridized carbons (Fsp3) is 0.214. The van der Waals surface area contributed by atoms with Gasteiger partial charge in [0.1, 0.15) is 12.4 Å². The predicted molar refractivity (Wildman–Crippen MR) is 85.1 cm³/mol. The van der Waals surface area contributed by atoms with Gasteiger partial charge in [0.25, 0.3) is 5.91 Å². The molecular weight excluding hydrogens is 306 g/mol. The zero-order valence-electron chi connectivity index (χ0n) is 11.1. The SMILES string of the molecule is O=C(NC1=NCCS1)c1cccc(OCc2cscn2)c1. The van der Waals surface area contributed by atoms with Crippen molar-refractivity contribution in [3.63, 3.8) is 0 Å². The van der Waals surface area contributed by atoms with Crippen LogP contribution in [0, 0.1) is 0 Å². The number of nitrogens with zero attached hydrogens (tertiary/aromatic N) is 2. The number of rotatable bonds is 4. The summed E-state index contributed by atoms with van der Waals surface area (Å²) in [6, 6.07) is 7.10. The molecule has 1 aromatic carbocycles. The second kappa shape index (κ2) is 6.73. The third kappa shape index (κ3) is 3.83. The molecular formula is C14H13N3O2S2. The highest BCUT2D eigenvalue weighted by Gasteiger charge is 2.13. The fourth-order valence-electron chi connectivity index (χ4n) is 1.77. The second-order valence-corrected chi connectivity index (χ2v) is 6.09. The number of thiazole rings is 1. The van der Waals surface area contributed by atoms with Gasteiger partial charge in [-0.15, -0.1) is 11.3 Å². The van der Waals surface area contributed by atoms with Gasteiger partial charge in [0.15, 0.2) is 5.17 Å². The minimum Gasteiger partial charge on any atom is -0.487 e. The van der Waals surface area contributed by atoms with E-state index in [1.807, 2.05) is 11.4 Å². The number of amides is 1. The number of thioether (sulfide) groups is 1. The van der Waals surface area contributed by atoms with E-state index in [0.29, 0.717) is 23.1 Å². The fourth-order valence-corrected chi connectivity index (χ4v) is 3.04. The summed E-state index contributed by atoms with van der Waals surface area (Å²) < 4.78 is 5.64. The molecule has 0 atom stereocenters. The summed E-state index contributed by atoms with van der Waals surface area (Å²) in [6.45, 7) is 1.16. The average molecular weight is 319 g/mol. The number of carbonyl (C=O) groups excluding carboxylic acids is 1. The van der Waals surface area contributed by atoms with E-state index in [1.165, 1.54) is 11.3 Å². The van der Waals surface area contributed by atoms with E-state index >= 15 is 0 Å². The molecule has 5 nitrogen and oxygen atoms in total. The van der Waals surface area contributed by atoms with Crippen LogP contribution in [0.1, 0.15) is 16.1 Å². The van der Waals surface area contributed by atoms with Crippen LogP contribution in [0.5, 0.6) is 5.75 Å². The molecule has 0 aliphatic carbocycles. The number of hydrogen-bond donors (Lipinski definition) is 1. The van der Waals surface area contributed by atoms with Crippen molar-refractivity contribution in [2.24, 2.45) is 4.99 Å². The second-order valence-electron chi connectivity index (χ2n) is 4.29. The van der Waals surface area contributed by atoms with Crippen LogP contribution in [0.25, 0.3) is 0 Å². The van der Waals surface area contributed by atoms with Crippen LogP contribution in [0.15, 0.2) is 40.1 Å². The Morgan fingerprint density at radius 3 is 3.14 bits per heavy atom. The molecule has 0 saturated carbocycles. The molecule has 21 heavy (non-hydrogen) atoms. The third-order valence-electron chi connectivity index (χ3n) is 2.77. The molecule has 1 N–H and O–H groups in total. The quantitative estimate of drug-likeness (QED) is 0.941. The van der Waals surface area contributed by atoms with E-state index in [1.54, 1.807) is 35.5 Å². The molecule has 0 bridgehead atoms. The first-order valence-corrected chi connectivity index (χ1v) is 8.32. The van der Waals surface area contributed by atoms with Crippen LogP contribution in [0.2, 0.25) is 0 Å². The van der Waals surface area contributed by atoms with Crippen molar-refractivity contribution in [3.05, 3.63) is 46.4 Å². The van der Waals surface area contributed by atoms with E-state index in [9.17, 15) is 4.79 Å². The number of carbonyl (C=O) groups is 1. The van der Waals surface area contributed by atoms with E-state index in [4.69, 9.17) is 4.74 Å². The van der Waals surface area contributed by atoms with Crippen molar-refractivity contribution in [2.75, 3.05) is 12.3 Å². The highest BCUT2D eigenvalue weighted by atomic mass is 32.2. The summed E-state index contributed by atoms with van der Waals surface area (Å²) in [7, 11) is 0. The van der Waals surface area contributed by atoms with Gasteiger partial charge in [0.05, 0.1) is 17.7 Å². The summed E-state index contributed by atoms with van der Waals surface area (Å²) in [5, 5.41) is 5.43. The first-order valence-electron chi connectivity index (χ1n) is 6.40. The van der Waals surface area contributed by atoms with Crippen molar-refractivity contribution < 1.29 is 9.53 Å². The molecule has 0 fully saturated rings. The third-order valence-corrected chi connectivity index (χ3v) is 4.30. The number of hydrogen-bond acceptors (Lipinski definition) is 6. The Hall–Kier alpha value is -1.86. The summed E-state index contributed by atoms with van der Waals surface area (Å²) in [5.41, 5.74) is 3.20. The maximum atomic E-state index is 12.1. The molecule has 1 amide bonds. The minimum atomic E-state index is -0.165. The number of nitrogens with one attached hydrogen (secondary N) is 1. The normalized spacial score (nSPS) is 13.8. The lowest BCUT2D eigenvalue weighted by Gasteiger charge is -2.07. The number of aliphatic imine (C=N–C) groups is 1. The Labute approximate surface area is 130 Å². The van der Waals surface area contributed by atoms with Gasteiger partial charge in [-0.1, -0.05) is 17.8 Å². The minimum absolute atomic E-state index is 0.165. The van der Waals surface area contributed by atoms with Crippen molar-refractivity contribution >= 4 is 34.2 Å². The first kappa shape index (κ1) is 14.1. The smallest absolute Gasteiger partial charge is 0.257 e. The monoisotopic (exact) mass is 319 g/mol. The lowest BCUT2D eigenvalue weighted by atomic mass is 10.2. The average Bonchev–Trinajstić information content (AvgIpc) is 3.19. The summed E-state index contributed by atoms with van der Waals surface area (Å²) in [6.07, 6.45) is 0. The van der Waals surface area contributed by atoms with Gasteiger partial charge in [-0.25, -0.2) is 4.98 Å². The Morgan fingerprint density at radius 1 is 1.43 bits per heavy atom. The van der Waals surface area contributed by atoms with Gasteiger partial charge in [-0.05, 0) is 18.2 Å². The van der Waals surface area contributed by atoms with Crippen molar-refractivity contribution in [2.45, 2.75) is 6.61 Å². The largest absolute Gasteiger partial charge is 0.487 e. The molecule has 1 aliphatic rings. The standard InChI is InChI=1S/C14H13N3O2S2/c18-13(17-14-15-4-5-21-14)10-2-1-3-12(6-10)19-7-11-8-20-9-16-11/h1-3,6,8-9H,4-5,7H2,(H,15,17,18). The van der Waals surface area contributed by atoms with Crippen molar-refractivity contribution in [3.8, 4) is 5.75 Å². The Morgan fingerprint density at radius 2 is 2.38 bits per heavy atom. The van der Waals surface area contributed by atoms with Gasteiger partial charge < -0.3 is 10.1 Å². The van der Waals surface area contributed by atoms with Gasteiger partial charge in [-0.2, -0.15) is 0 Å². The zero-order valence-corrected chi connectivity index (χ0v) is 12.7. The maximum absolute atomic E-state index is 12.1. The van der Waals surface area contributed by atoms with Crippen LogP contribution in [-0.4, -0.2) is 28.4 Å². The van der Waals surface area contributed by atoms with Crippen LogP contribution in [0.4, 0.5) is 0 Å². The molecule has 1 aromatic heterocycles. The van der Waals surface area contributed by atoms with E-state index < -0.39 is 0 Å². The molecule has 108 valence electrons. The molecule has 1 aliphatic heterocycles. The summed E-state index contributed by atoms with van der Waals surface area (Å²) in [4.78, 5) is 20.5. The summed E-state index contributed by atoms with van der Waals surface area (Å²) in [5.74, 6) is 1.41. The van der Waals surface area contributed by atoms with Gasteiger partial charge in [0, 0.05) is 16.7 Å². The molecule has 2 aromatic rings. The van der Waals surface area contributed by atoms with Gasteiger partial charge in [0.2, 0.25) is 0 Å². The molecule has 0 spiro atoms. The van der Waals surface area contributed by atoms with Crippen LogP contribution in [0.3, 0.4) is 0 Å². The van der Waals surface area contributed by atoms with Crippen molar-refractivity contribution in [1.29, 1.82) is 0 Å². The van der Waals surface area contributed by atoms with Gasteiger partial charge >= 0.3 is 0 Å². The highest BCUT2D eigenvalue weighted by molar-refractivity contribution is 8.14. The van der Waals surface area contributed by atoms with Crippen molar-refractivity contribution in [1.82, 2.24) is 10.3 Å². The number of ether oxygens (including phenoxy) is 1. The Kier molecular flexibility index (Phi) is 4.52. The van der Waals surface area contributed by atoms with Crippen LogP contribution >= 0.6 is 23.1 Å². The molecule has 0 unspecified atom stereocenters. The van der Waals surface area contributed by atoms with Crippen LogP contribution < -0.4 is 10.1 Å². The number of amidine groups is 1. The first-order chi connectivity index (χ1) is 10.3. The molecule has 7 heteroatoms. The number of benzene rings is 1. The Bertz CT molecular complexity index is 656. The number of aromatic nitrogens is 1. The molecule has 0 radical (unpaired) electrons. The molecule has 0 saturated heterocycles. The topological polar surface area (TPSA) is 63.6 Å². The van der Waals surface area contributed by atoms with E-state index in [-0.39, 0.29) is 5.91 Å². The van der Waals surface area contributed by atoms with Crippen LogP contribution in [-0.2, 0) is 6.61 Å². The zero-order chi connectivity index (χ0) is 14.5. The maximum Gasteiger partial charge on any atom is 0.257 e. The summed E-state index contributed by atoms with van der Waals surface area (Å²) >= 11 is 3.09. The highest BCUT2D eigenvalue weighted by Crippen LogP contribution is 2.16. The predicted octanol–water partition coefficient (Wildman–Crippen LogP) is 2.55. The lowest BCUT2D eigenvalue weighted by molar-refractivity contribution is 0.0977. The lowest BCUT2D eigenvalue weighted by Crippen LogP contribution is -2.27. The molecule has 3 rings (SSSR count). The van der Waals surface area contributed by atoms with Gasteiger partial charge in [-0.3, -0.25) is 9.79 Å². The molecule has 2 heterocycles. The Balaban J connectivity index is 1.63. The van der Waals surface area contributed by atoms with E-state index in [2.05, 4.69) is 15.3 Å².